The van der Waals surface area contributed by atoms with Gasteiger partial charge in [0.2, 0.25) is 0 Å². The van der Waals surface area contributed by atoms with Crippen LogP contribution in [0.15, 0.2) is 4.36 Å². The summed E-state index contributed by atoms with van der Waals surface area (Å²) in [6.45, 7) is 6.35. The molecule has 88 valence electrons. The largest absolute Gasteiger partial charge is 0.442 e. The van der Waals surface area contributed by atoms with E-state index in [2.05, 4.69) is 4.36 Å². The van der Waals surface area contributed by atoms with Crippen LogP contribution in [0, 0.1) is 0 Å². The molecule has 0 aromatic carbocycles. The third-order valence-electron chi connectivity index (χ3n) is 1.13. The summed E-state index contributed by atoms with van der Waals surface area (Å²) >= 11 is 0. The Balaban J connectivity index is 4.69. The fourth-order valence-corrected chi connectivity index (χ4v) is 2.02. The van der Waals surface area contributed by atoms with Gasteiger partial charge < -0.3 is 4.74 Å². The number of rotatable bonds is 2. The summed E-state index contributed by atoms with van der Waals surface area (Å²) in [5, 5.41) is 0. The first-order valence-electron chi connectivity index (χ1n) is 4.44. The van der Waals surface area contributed by atoms with Gasteiger partial charge in [0, 0.05) is 6.26 Å². The summed E-state index contributed by atoms with van der Waals surface area (Å²) in [7, 11) is -2.80. The number of Topliss-reactive ketones (excluding diaryl/α,β-unsaturated/α-hetero) is 1. The predicted octanol–water partition coefficient (Wildman–Crippen LogP) is 1.61. The molecule has 1 amide bonds. The van der Waals surface area contributed by atoms with Gasteiger partial charge in [-0.3, -0.25) is 4.79 Å². The summed E-state index contributed by atoms with van der Waals surface area (Å²) in [6.07, 6.45) is 0.370. The average Bonchev–Trinajstić information content (AvgIpc) is 1.73. The number of ketones is 1. The topological polar surface area (TPSA) is 72.8 Å². The summed E-state index contributed by atoms with van der Waals surface area (Å²) in [6, 6.07) is 0. The fourth-order valence-electron chi connectivity index (χ4n) is 0.848. The first-order valence-corrected chi connectivity index (χ1v) is 6.53. The Morgan fingerprint density at radius 3 is 2.13 bits per heavy atom. The van der Waals surface area contributed by atoms with Gasteiger partial charge >= 0.3 is 6.09 Å². The average molecular weight is 235 g/mol. The number of hydrogen-bond acceptors (Lipinski definition) is 4. The molecule has 6 heteroatoms. The molecular formula is C9H17NO4S. The van der Waals surface area contributed by atoms with Gasteiger partial charge in [0.25, 0.3) is 0 Å². The molecule has 0 aliphatic carbocycles. The zero-order chi connectivity index (χ0) is 12.3. The van der Waals surface area contributed by atoms with Crippen molar-refractivity contribution in [2.24, 2.45) is 4.36 Å². The van der Waals surface area contributed by atoms with Gasteiger partial charge in [0.1, 0.15) is 11.4 Å². The molecule has 0 bridgehead atoms. The maximum Gasteiger partial charge on any atom is 0.442 e. The molecule has 0 heterocycles. The molecule has 0 N–H and O–H groups in total. The second-order valence-electron chi connectivity index (χ2n) is 4.38. The molecule has 0 aromatic rings. The first kappa shape index (κ1) is 14.1. The quantitative estimate of drug-likeness (QED) is 0.728. The van der Waals surface area contributed by atoms with Crippen molar-refractivity contribution >= 4 is 21.6 Å². The maximum absolute atomic E-state index is 11.6. The van der Waals surface area contributed by atoms with Gasteiger partial charge in [-0.1, -0.05) is 0 Å². The van der Waals surface area contributed by atoms with Gasteiger partial charge in [0.15, 0.2) is 0 Å². The van der Waals surface area contributed by atoms with Crippen molar-refractivity contribution in [2.45, 2.75) is 33.3 Å². The number of ether oxygens (including phenoxy) is 1. The minimum atomic E-state index is -2.80. The summed E-state index contributed by atoms with van der Waals surface area (Å²) in [5.41, 5.74) is -0.674. The zero-order valence-electron chi connectivity index (χ0n) is 9.70. The van der Waals surface area contributed by atoms with E-state index in [0.717, 1.165) is 0 Å². The predicted molar refractivity (Wildman–Crippen MR) is 58.3 cm³/mol. The monoisotopic (exact) mass is 235 g/mol. The van der Waals surface area contributed by atoms with Crippen molar-refractivity contribution in [1.82, 2.24) is 0 Å². The minimum absolute atomic E-state index is 0.230. The van der Waals surface area contributed by atoms with Crippen molar-refractivity contribution in [1.29, 1.82) is 0 Å². The molecule has 0 aromatic heterocycles. The van der Waals surface area contributed by atoms with E-state index in [1.165, 1.54) is 13.2 Å². The van der Waals surface area contributed by atoms with Crippen molar-refractivity contribution in [3.63, 3.8) is 0 Å². The molecule has 1 atom stereocenters. The van der Waals surface area contributed by atoms with E-state index in [1.807, 2.05) is 0 Å². The SMILES string of the molecule is CC(=O)CS(C)(=O)=NC(=O)OC(C)(C)C. The van der Waals surface area contributed by atoms with E-state index in [4.69, 9.17) is 4.74 Å². The number of nitrogens with zero attached hydrogens (tertiary/aromatic N) is 1. The fraction of sp³-hybridized carbons (Fsp3) is 0.778. The Kier molecular flexibility index (Phi) is 4.45. The Hall–Kier alpha value is -0.910. The summed E-state index contributed by atoms with van der Waals surface area (Å²) < 4.78 is 19.8. The smallest absolute Gasteiger partial charge is 0.442 e. The van der Waals surface area contributed by atoms with Crippen LogP contribution in [0.1, 0.15) is 27.7 Å². The molecule has 0 aliphatic heterocycles. The molecule has 0 radical (unpaired) electrons. The van der Waals surface area contributed by atoms with Crippen LogP contribution in [0.25, 0.3) is 0 Å². The zero-order valence-corrected chi connectivity index (χ0v) is 10.5. The molecule has 0 saturated carbocycles. The molecule has 0 aliphatic rings. The lowest BCUT2D eigenvalue weighted by atomic mass is 10.2. The Labute approximate surface area is 90.4 Å². The van der Waals surface area contributed by atoms with E-state index in [1.54, 1.807) is 20.8 Å². The number of carbonyl (C=O) groups excluding carboxylic acids is 2. The number of amides is 1. The molecule has 0 saturated heterocycles. The molecule has 5 nitrogen and oxygen atoms in total. The van der Waals surface area contributed by atoms with Crippen molar-refractivity contribution in [2.75, 3.05) is 12.0 Å². The standard InChI is InChI=1S/C9H17NO4S/c1-7(11)6-15(5,13)10-8(12)14-9(2,3)4/h6H2,1-5H3. The van der Waals surface area contributed by atoms with Crippen LogP contribution in [0.2, 0.25) is 0 Å². The molecule has 0 fully saturated rings. The van der Waals surface area contributed by atoms with E-state index in [0.29, 0.717) is 0 Å². The molecular weight excluding hydrogens is 218 g/mol. The van der Waals surface area contributed by atoms with E-state index >= 15 is 0 Å². The Morgan fingerprint density at radius 2 is 1.80 bits per heavy atom. The third-order valence-corrected chi connectivity index (χ3v) is 2.61. The number of hydrogen-bond donors (Lipinski definition) is 0. The van der Waals surface area contributed by atoms with Crippen molar-refractivity contribution < 1.29 is 18.5 Å². The highest BCUT2D eigenvalue weighted by molar-refractivity contribution is 7.93. The maximum atomic E-state index is 11.6. The lowest BCUT2D eigenvalue weighted by Crippen LogP contribution is -2.23. The molecule has 1 unspecified atom stereocenters. The Morgan fingerprint density at radius 1 is 1.33 bits per heavy atom. The van der Waals surface area contributed by atoms with E-state index in [-0.39, 0.29) is 11.5 Å². The van der Waals surface area contributed by atoms with E-state index in [9.17, 15) is 13.8 Å². The van der Waals surface area contributed by atoms with Crippen LogP contribution in [0.3, 0.4) is 0 Å². The van der Waals surface area contributed by atoms with Gasteiger partial charge in [-0.2, -0.15) is 0 Å². The lowest BCUT2D eigenvalue weighted by Gasteiger charge is -2.17. The molecule has 15 heavy (non-hydrogen) atoms. The lowest BCUT2D eigenvalue weighted by molar-refractivity contribution is -0.114. The summed E-state index contributed by atoms with van der Waals surface area (Å²) in [4.78, 5) is 21.9. The van der Waals surface area contributed by atoms with Crippen LogP contribution in [-0.4, -0.2) is 33.7 Å². The Bertz CT molecular complexity index is 372. The summed E-state index contributed by atoms with van der Waals surface area (Å²) in [5.74, 6) is -0.499. The second-order valence-corrected chi connectivity index (χ2v) is 6.77. The van der Waals surface area contributed by atoms with E-state index < -0.39 is 21.4 Å². The molecule has 0 rings (SSSR count). The normalized spacial score (nSPS) is 15.3. The highest BCUT2D eigenvalue weighted by Crippen LogP contribution is 2.09. The van der Waals surface area contributed by atoms with Crippen LogP contribution in [-0.2, 0) is 19.3 Å². The van der Waals surface area contributed by atoms with Gasteiger partial charge in [0.05, 0.1) is 15.5 Å². The molecule has 0 spiro atoms. The number of carbonyl (C=O) groups is 2. The van der Waals surface area contributed by atoms with Crippen LogP contribution in [0.5, 0.6) is 0 Å². The minimum Gasteiger partial charge on any atom is -0.442 e. The van der Waals surface area contributed by atoms with Crippen molar-refractivity contribution in [3.8, 4) is 0 Å². The first-order chi connectivity index (χ1) is 6.52. The second kappa shape index (κ2) is 4.74. The highest BCUT2D eigenvalue weighted by atomic mass is 32.2. The van der Waals surface area contributed by atoms with Crippen LogP contribution < -0.4 is 0 Å². The van der Waals surface area contributed by atoms with Gasteiger partial charge in [-0.25, -0.2) is 9.00 Å². The van der Waals surface area contributed by atoms with Crippen LogP contribution >= 0.6 is 0 Å². The van der Waals surface area contributed by atoms with Crippen molar-refractivity contribution in [3.05, 3.63) is 0 Å². The third kappa shape index (κ3) is 8.11. The highest BCUT2D eigenvalue weighted by Gasteiger charge is 2.17. The van der Waals surface area contributed by atoms with Gasteiger partial charge in [-0.15, -0.1) is 4.36 Å². The van der Waals surface area contributed by atoms with Gasteiger partial charge in [-0.05, 0) is 27.7 Å². The van der Waals surface area contributed by atoms with Crippen LogP contribution in [0.4, 0.5) is 4.79 Å².